The normalized spacial score (nSPS) is 17.5. The third-order valence-electron chi connectivity index (χ3n) is 2.96. The van der Waals surface area contributed by atoms with E-state index in [1.54, 1.807) is 6.07 Å². The molecule has 1 aromatic rings. The van der Waals surface area contributed by atoms with Crippen molar-refractivity contribution in [1.29, 1.82) is 0 Å². The summed E-state index contributed by atoms with van der Waals surface area (Å²) in [6.45, 7) is 3.00. The molecule has 2 heterocycles. The average molecular weight is 237 g/mol. The number of aliphatic hydroxyl groups is 1. The van der Waals surface area contributed by atoms with Crippen LogP contribution in [0.4, 0.5) is 5.82 Å². The van der Waals surface area contributed by atoms with Crippen molar-refractivity contribution >= 4 is 11.8 Å². The van der Waals surface area contributed by atoms with Gasteiger partial charge in [-0.15, -0.1) is 0 Å². The number of esters is 1. The van der Waals surface area contributed by atoms with E-state index in [0.717, 1.165) is 0 Å². The summed E-state index contributed by atoms with van der Waals surface area (Å²) in [5.41, 5.74) is -0.629. The van der Waals surface area contributed by atoms with Crippen LogP contribution in [0.5, 0.6) is 0 Å². The Balaban J connectivity index is 2.11. The van der Waals surface area contributed by atoms with E-state index in [1.165, 1.54) is 13.3 Å². The minimum absolute atomic E-state index is 0.0388. The lowest BCUT2D eigenvalue weighted by Crippen LogP contribution is -2.61. The predicted octanol–water partition coefficient (Wildman–Crippen LogP) is 0.224. The van der Waals surface area contributed by atoms with Crippen LogP contribution in [0.25, 0.3) is 0 Å². The zero-order valence-corrected chi connectivity index (χ0v) is 9.88. The summed E-state index contributed by atoms with van der Waals surface area (Å²) in [5.74, 6) is 0.119. The number of ether oxygens (including phenoxy) is 1. The minimum atomic E-state index is -0.629. The number of aromatic nitrogens is 2. The lowest BCUT2D eigenvalue weighted by molar-refractivity contribution is 0.00803. The molecule has 0 unspecified atom stereocenters. The molecule has 0 spiro atoms. The summed E-state index contributed by atoms with van der Waals surface area (Å²) in [6.07, 6.45) is 2.22. The number of methoxy groups -OCH3 is 1. The number of hydrogen-bond donors (Lipinski definition) is 1. The van der Waals surface area contributed by atoms with E-state index in [0.29, 0.717) is 25.3 Å². The molecule has 1 aliphatic heterocycles. The van der Waals surface area contributed by atoms with Crippen LogP contribution in [0, 0.1) is 0 Å². The molecule has 0 radical (unpaired) electrons. The van der Waals surface area contributed by atoms with Gasteiger partial charge < -0.3 is 14.7 Å². The van der Waals surface area contributed by atoms with Crippen LogP contribution in [0.2, 0.25) is 0 Å². The fourth-order valence-corrected chi connectivity index (χ4v) is 1.76. The number of carbonyl (C=O) groups excluding carboxylic acids is 1. The van der Waals surface area contributed by atoms with Gasteiger partial charge in [0, 0.05) is 19.3 Å². The fourth-order valence-electron chi connectivity index (χ4n) is 1.76. The van der Waals surface area contributed by atoms with Gasteiger partial charge >= 0.3 is 5.97 Å². The molecule has 1 N–H and O–H groups in total. The highest BCUT2D eigenvalue weighted by Crippen LogP contribution is 2.28. The van der Waals surface area contributed by atoms with Crippen molar-refractivity contribution in [3.8, 4) is 0 Å². The molecule has 6 heteroatoms. The standard InChI is InChI=1S/C11H15N3O3/c1-3-11(16)6-14(7-11)8-4-5-12-9(13-8)10(15)17-2/h4-5,16H,3,6-7H2,1-2H3. The topological polar surface area (TPSA) is 75.5 Å². The average Bonchev–Trinajstić information content (AvgIpc) is 2.34. The summed E-state index contributed by atoms with van der Waals surface area (Å²) in [4.78, 5) is 21.1. The van der Waals surface area contributed by atoms with E-state index in [-0.39, 0.29) is 5.82 Å². The van der Waals surface area contributed by atoms with Crippen LogP contribution in [0.1, 0.15) is 24.0 Å². The van der Waals surface area contributed by atoms with Crippen molar-refractivity contribution in [3.05, 3.63) is 18.1 Å². The molecular formula is C11H15N3O3. The monoisotopic (exact) mass is 237 g/mol. The van der Waals surface area contributed by atoms with Crippen LogP contribution in [-0.2, 0) is 4.74 Å². The first-order valence-electron chi connectivity index (χ1n) is 5.46. The number of anilines is 1. The van der Waals surface area contributed by atoms with Crippen molar-refractivity contribution in [2.45, 2.75) is 18.9 Å². The Morgan fingerprint density at radius 2 is 2.35 bits per heavy atom. The second-order valence-electron chi connectivity index (χ2n) is 4.16. The van der Waals surface area contributed by atoms with Crippen LogP contribution in [0.15, 0.2) is 12.3 Å². The van der Waals surface area contributed by atoms with Crippen molar-refractivity contribution in [3.63, 3.8) is 0 Å². The molecule has 0 bridgehead atoms. The van der Waals surface area contributed by atoms with Gasteiger partial charge in [0.15, 0.2) is 0 Å². The van der Waals surface area contributed by atoms with E-state index in [4.69, 9.17) is 0 Å². The third kappa shape index (κ3) is 2.21. The summed E-state index contributed by atoms with van der Waals surface area (Å²) in [7, 11) is 1.29. The van der Waals surface area contributed by atoms with Gasteiger partial charge in [-0.1, -0.05) is 6.92 Å². The van der Waals surface area contributed by atoms with E-state index >= 15 is 0 Å². The lowest BCUT2D eigenvalue weighted by Gasteiger charge is -2.46. The Labute approximate surface area is 99.2 Å². The van der Waals surface area contributed by atoms with Gasteiger partial charge in [0.05, 0.1) is 12.7 Å². The number of hydrogen-bond acceptors (Lipinski definition) is 6. The van der Waals surface area contributed by atoms with Crippen molar-refractivity contribution < 1.29 is 14.6 Å². The lowest BCUT2D eigenvalue weighted by atomic mass is 9.91. The zero-order chi connectivity index (χ0) is 12.5. The van der Waals surface area contributed by atoms with Crippen LogP contribution >= 0.6 is 0 Å². The first-order valence-corrected chi connectivity index (χ1v) is 5.46. The highest BCUT2D eigenvalue weighted by Gasteiger charge is 2.40. The predicted molar refractivity (Wildman–Crippen MR) is 60.8 cm³/mol. The molecule has 0 saturated carbocycles. The van der Waals surface area contributed by atoms with Crippen molar-refractivity contribution in [1.82, 2.24) is 9.97 Å². The molecule has 0 aliphatic carbocycles. The minimum Gasteiger partial charge on any atom is -0.463 e. The highest BCUT2D eigenvalue weighted by atomic mass is 16.5. The first-order chi connectivity index (χ1) is 8.08. The Morgan fingerprint density at radius 1 is 1.65 bits per heavy atom. The summed E-state index contributed by atoms with van der Waals surface area (Å²) >= 11 is 0. The van der Waals surface area contributed by atoms with Crippen LogP contribution in [-0.4, -0.2) is 46.8 Å². The maximum atomic E-state index is 11.3. The van der Waals surface area contributed by atoms with Gasteiger partial charge in [0.1, 0.15) is 5.82 Å². The van der Waals surface area contributed by atoms with E-state index in [9.17, 15) is 9.90 Å². The molecular weight excluding hydrogens is 222 g/mol. The molecule has 6 nitrogen and oxygen atoms in total. The zero-order valence-electron chi connectivity index (χ0n) is 9.88. The van der Waals surface area contributed by atoms with Crippen molar-refractivity contribution in [2.75, 3.05) is 25.1 Å². The third-order valence-corrected chi connectivity index (χ3v) is 2.96. The smallest absolute Gasteiger partial charge is 0.376 e. The van der Waals surface area contributed by atoms with Crippen LogP contribution < -0.4 is 4.90 Å². The Bertz CT molecular complexity index is 430. The molecule has 1 aliphatic rings. The maximum Gasteiger partial charge on any atom is 0.376 e. The molecule has 1 saturated heterocycles. The van der Waals surface area contributed by atoms with Gasteiger partial charge in [0.2, 0.25) is 5.82 Å². The quantitative estimate of drug-likeness (QED) is 0.758. The Kier molecular flexibility index (Phi) is 2.97. The molecule has 92 valence electrons. The molecule has 0 atom stereocenters. The second kappa shape index (κ2) is 4.29. The summed E-state index contributed by atoms with van der Waals surface area (Å²) in [6, 6.07) is 1.71. The van der Waals surface area contributed by atoms with Crippen LogP contribution in [0.3, 0.4) is 0 Å². The molecule has 17 heavy (non-hydrogen) atoms. The van der Waals surface area contributed by atoms with Gasteiger partial charge in [-0.05, 0) is 12.5 Å². The van der Waals surface area contributed by atoms with E-state index < -0.39 is 11.6 Å². The molecule has 0 amide bonds. The maximum absolute atomic E-state index is 11.3. The first kappa shape index (κ1) is 11.8. The number of nitrogens with zero attached hydrogens (tertiary/aromatic N) is 3. The van der Waals surface area contributed by atoms with E-state index in [2.05, 4.69) is 14.7 Å². The molecule has 2 rings (SSSR count). The van der Waals surface area contributed by atoms with Gasteiger partial charge in [0.25, 0.3) is 0 Å². The number of rotatable bonds is 3. The largest absolute Gasteiger partial charge is 0.463 e. The number of carbonyl (C=O) groups is 1. The Hall–Kier alpha value is -1.69. The summed E-state index contributed by atoms with van der Waals surface area (Å²) < 4.78 is 4.55. The molecule has 0 aromatic carbocycles. The van der Waals surface area contributed by atoms with Crippen molar-refractivity contribution in [2.24, 2.45) is 0 Å². The molecule has 1 fully saturated rings. The number of β-amino-alcohol motifs (C(OH)–C–C–N with tert-alkyl or cyclic N) is 1. The van der Waals surface area contributed by atoms with Gasteiger partial charge in [-0.3, -0.25) is 0 Å². The Morgan fingerprint density at radius 3 is 2.94 bits per heavy atom. The fraction of sp³-hybridized carbons (Fsp3) is 0.545. The van der Waals surface area contributed by atoms with Gasteiger partial charge in [-0.2, -0.15) is 0 Å². The van der Waals surface area contributed by atoms with E-state index in [1.807, 2.05) is 11.8 Å². The molecule has 1 aromatic heterocycles. The SMILES string of the molecule is CCC1(O)CN(c2ccnc(C(=O)OC)n2)C1. The highest BCUT2D eigenvalue weighted by molar-refractivity contribution is 5.85. The van der Waals surface area contributed by atoms with Gasteiger partial charge in [-0.25, -0.2) is 14.8 Å². The summed E-state index contributed by atoms with van der Waals surface area (Å²) in [5, 5.41) is 9.90. The second-order valence-corrected chi connectivity index (χ2v) is 4.16.